The normalized spacial score (nSPS) is 12.8. The molecule has 0 aromatic rings. The van der Waals surface area contributed by atoms with Crippen LogP contribution in [0.3, 0.4) is 0 Å². The van der Waals surface area contributed by atoms with Gasteiger partial charge in [0.1, 0.15) is 13.2 Å². The average molecular weight is 725 g/mol. The smallest absolute Gasteiger partial charge is 0.306 e. The minimum absolute atomic E-state index is 0.101. The van der Waals surface area contributed by atoms with E-state index < -0.39 is 6.10 Å². The molecular formula is C46H76O6. The molecule has 1 atom stereocenters. The Hall–Kier alpha value is -3.15. The first-order valence-electron chi connectivity index (χ1n) is 20.9. The summed E-state index contributed by atoms with van der Waals surface area (Å²) < 4.78 is 16.6. The van der Waals surface area contributed by atoms with E-state index in [0.717, 1.165) is 128 Å². The van der Waals surface area contributed by atoms with Gasteiger partial charge in [0.2, 0.25) is 0 Å². The van der Waals surface area contributed by atoms with Gasteiger partial charge in [-0.1, -0.05) is 139 Å². The highest BCUT2D eigenvalue weighted by Gasteiger charge is 2.19. The van der Waals surface area contributed by atoms with E-state index in [-0.39, 0.29) is 31.1 Å². The second-order valence-corrected chi connectivity index (χ2v) is 13.5. The standard InChI is InChI=1S/C46H76O6/c1-4-7-10-13-16-19-22-24-27-30-33-36-39-45(48)51-42-43(41-50-44(47)38-35-32-29-26-21-18-15-12-9-6-3)52-46(49)40-37-34-31-28-25-23-20-17-14-11-8-5-2/h7-8,10-11,15-20,24,27,43H,4-6,9,12-14,21-23,25-26,28-42H2,1-3H3/b10-7-,11-8-,18-15-,19-16-,20-17-,27-24-. The molecule has 296 valence electrons. The highest BCUT2D eigenvalue weighted by Crippen LogP contribution is 2.12. The Morgan fingerprint density at radius 3 is 1.23 bits per heavy atom. The minimum Gasteiger partial charge on any atom is -0.462 e. The summed E-state index contributed by atoms with van der Waals surface area (Å²) in [4.78, 5) is 37.6. The molecule has 0 bridgehead atoms. The lowest BCUT2D eigenvalue weighted by Crippen LogP contribution is -2.30. The van der Waals surface area contributed by atoms with Crippen LogP contribution in [0.5, 0.6) is 0 Å². The van der Waals surface area contributed by atoms with Crippen molar-refractivity contribution in [1.82, 2.24) is 0 Å². The Balaban J connectivity index is 4.49. The van der Waals surface area contributed by atoms with Gasteiger partial charge in [0.25, 0.3) is 0 Å². The molecule has 0 fully saturated rings. The summed E-state index contributed by atoms with van der Waals surface area (Å²) in [6.07, 6.45) is 48.9. The van der Waals surface area contributed by atoms with Crippen molar-refractivity contribution in [2.75, 3.05) is 13.2 Å². The van der Waals surface area contributed by atoms with Gasteiger partial charge in [0.15, 0.2) is 6.10 Å². The van der Waals surface area contributed by atoms with Crippen molar-refractivity contribution in [3.8, 4) is 0 Å². The van der Waals surface area contributed by atoms with Gasteiger partial charge in [-0.05, 0) is 96.3 Å². The molecule has 52 heavy (non-hydrogen) atoms. The quantitative estimate of drug-likeness (QED) is 0.0277. The summed E-state index contributed by atoms with van der Waals surface area (Å²) >= 11 is 0. The Kier molecular flexibility index (Phi) is 38.2. The number of allylic oxidation sites excluding steroid dienone is 12. The largest absolute Gasteiger partial charge is 0.462 e. The van der Waals surface area contributed by atoms with Crippen LogP contribution in [0.15, 0.2) is 72.9 Å². The van der Waals surface area contributed by atoms with Crippen LogP contribution in [0.25, 0.3) is 0 Å². The summed E-state index contributed by atoms with van der Waals surface area (Å²) in [5, 5.41) is 0. The van der Waals surface area contributed by atoms with Crippen LogP contribution in [0.1, 0.15) is 181 Å². The van der Waals surface area contributed by atoms with E-state index in [4.69, 9.17) is 14.2 Å². The molecule has 0 spiro atoms. The second-order valence-electron chi connectivity index (χ2n) is 13.5. The molecule has 0 N–H and O–H groups in total. The van der Waals surface area contributed by atoms with Crippen molar-refractivity contribution in [2.24, 2.45) is 0 Å². The third-order valence-electron chi connectivity index (χ3n) is 8.43. The number of esters is 3. The second kappa shape index (κ2) is 40.6. The molecule has 0 heterocycles. The van der Waals surface area contributed by atoms with E-state index in [1.807, 2.05) is 0 Å². The van der Waals surface area contributed by atoms with Crippen molar-refractivity contribution in [2.45, 2.75) is 187 Å². The predicted molar refractivity (Wildman–Crippen MR) is 219 cm³/mol. The Morgan fingerprint density at radius 2 is 0.750 bits per heavy atom. The van der Waals surface area contributed by atoms with Crippen LogP contribution in [0.2, 0.25) is 0 Å². The zero-order valence-corrected chi connectivity index (χ0v) is 33.5. The van der Waals surface area contributed by atoms with Crippen molar-refractivity contribution in [1.29, 1.82) is 0 Å². The number of hydrogen-bond donors (Lipinski definition) is 0. The number of carbonyl (C=O) groups is 3. The van der Waals surface area contributed by atoms with Gasteiger partial charge in [0, 0.05) is 19.3 Å². The van der Waals surface area contributed by atoms with Crippen LogP contribution in [0, 0.1) is 0 Å². The molecular weight excluding hydrogens is 648 g/mol. The van der Waals surface area contributed by atoms with Crippen LogP contribution in [-0.2, 0) is 28.6 Å². The number of ether oxygens (including phenoxy) is 3. The topological polar surface area (TPSA) is 78.9 Å². The first-order chi connectivity index (χ1) is 25.5. The van der Waals surface area contributed by atoms with Gasteiger partial charge in [-0.25, -0.2) is 0 Å². The fraction of sp³-hybridized carbons (Fsp3) is 0.674. The van der Waals surface area contributed by atoms with Crippen molar-refractivity contribution in [3.63, 3.8) is 0 Å². The highest BCUT2D eigenvalue weighted by atomic mass is 16.6. The molecule has 1 unspecified atom stereocenters. The van der Waals surface area contributed by atoms with E-state index >= 15 is 0 Å². The molecule has 0 aliphatic heterocycles. The Morgan fingerprint density at radius 1 is 0.404 bits per heavy atom. The molecule has 0 aromatic carbocycles. The molecule has 0 aliphatic rings. The number of carbonyl (C=O) groups excluding carboxylic acids is 3. The molecule has 6 nitrogen and oxygen atoms in total. The van der Waals surface area contributed by atoms with E-state index in [9.17, 15) is 14.4 Å². The molecule has 0 aliphatic carbocycles. The van der Waals surface area contributed by atoms with Gasteiger partial charge in [-0.2, -0.15) is 0 Å². The molecule has 0 aromatic heterocycles. The summed E-state index contributed by atoms with van der Waals surface area (Å²) in [5.74, 6) is -0.981. The molecule has 6 heteroatoms. The van der Waals surface area contributed by atoms with E-state index in [0.29, 0.717) is 19.3 Å². The maximum Gasteiger partial charge on any atom is 0.306 e. The maximum atomic E-state index is 12.7. The monoisotopic (exact) mass is 725 g/mol. The highest BCUT2D eigenvalue weighted by molar-refractivity contribution is 5.71. The number of rotatable bonds is 36. The third kappa shape index (κ3) is 38.1. The van der Waals surface area contributed by atoms with Crippen LogP contribution >= 0.6 is 0 Å². The summed E-state index contributed by atoms with van der Waals surface area (Å²) in [5.41, 5.74) is 0. The lowest BCUT2D eigenvalue weighted by atomic mass is 10.1. The van der Waals surface area contributed by atoms with E-state index in [1.165, 1.54) is 12.8 Å². The van der Waals surface area contributed by atoms with Crippen molar-refractivity contribution >= 4 is 17.9 Å². The van der Waals surface area contributed by atoms with E-state index in [1.54, 1.807) is 0 Å². The SMILES string of the molecule is CC/C=C\C/C=C\C/C=C\CCCCC(=O)OCC(COC(=O)CCCCCC/C=C\CCCC)OC(=O)CCCCCCC/C=C\C/C=C\CC. The predicted octanol–water partition coefficient (Wildman–Crippen LogP) is 13.1. The average Bonchev–Trinajstić information content (AvgIpc) is 3.14. The summed E-state index contributed by atoms with van der Waals surface area (Å²) in [7, 11) is 0. The first kappa shape index (κ1) is 48.9. The van der Waals surface area contributed by atoms with Gasteiger partial charge in [-0.15, -0.1) is 0 Å². The number of hydrogen-bond acceptors (Lipinski definition) is 6. The summed E-state index contributed by atoms with van der Waals surface area (Å²) in [6, 6.07) is 0. The lowest BCUT2D eigenvalue weighted by molar-refractivity contribution is -0.167. The van der Waals surface area contributed by atoms with Crippen LogP contribution in [0.4, 0.5) is 0 Å². The minimum atomic E-state index is -0.799. The van der Waals surface area contributed by atoms with Gasteiger partial charge < -0.3 is 14.2 Å². The van der Waals surface area contributed by atoms with Crippen LogP contribution < -0.4 is 0 Å². The molecule has 0 radical (unpaired) electrons. The fourth-order valence-electron chi connectivity index (χ4n) is 5.30. The first-order valence-corrected chi connectivity index (χ1v) is 20.9. The Labute approximate surface area is 319 Å². The molecule has 0 rings (SSSR count). The molecule has 0 saturated carbocycles. The van der Waals surface area contributed by atoms with Gasteiger partial charge >= 0.3 is 17.9 Å². The van der Waals surface area contributed by atoms with Crippen molar-refractivity contribution < 1.29 is 28.6 Å². The number of unbranched alkanes of at least 4 members (excludes halogenated alkanes) is 13. The summed E-state index contributed by atoms with van der Waals surface area (Å²) in [6.45, 7) is 6.27. The molecule has 0 amide bonds. The zero-order valence-electron chi connectivity index (χ0n) is 33.5. The zero-order chi connectivity index (χ0) is 38.0. The van der Waals surface area contributed by atoms with E-state index in [2.05, 4.69) is 93.7 Å². The fourth-order valence-corrected chi connectivity index (χ4v) is 5.30. The van der Waals surface area contributed by atoms with Gasteiger partial charge in [-0.3, -0.25) is 14.4 Å². The lowest BCUT2D eigenvalue weighted by Gasteiger charge is -2.18. The van der Waals surface area contributed by atoms with Gasteiger partial charge in [0.05, 0.1) is 0 Å². The van der Waals surface area contributed by atoms with Crippen LogP contribution in [-0.4, -0.2) is 37.2 Å². The maximum absolute atomic E-state index is 12.7. The molecule has 0 saturated heterocycles. The third-order valence-corrected chi connectivity index (χ3v) is 8.43. The van der Waals surface area contributed by atoms with Crippen molar-refractivity contribution in [3.05, 3.63) is 72.9 Å². The Bertz CT molecular complexity index is 1020.